The zero-order valence-corrected chi connectivity index (χ0v) is 36.6. The molecule has 4 aromatic carbocycles. The third kappa shape index (κ3) is 11.2. The Labute approximate surface area is 365 Å². The van der Waals surface area contributed by atoms with Gasteiger partial charge in [-0.15, -0.1) is 0 Å². The molecule has 0 aliphatic carbocycles. The largest absolute Gasteiger partial charge is 0.465 e. The van der Waals surface area contributed by atoms with Crippen LogP contribution in [-0.2, 0) is 32.3 Å². The lowest BCUT2D eigenvalue weighted by atomic mass is 9.85. The van der Waals surface area contributed by atoms with Crippen LogP contribution in [0, 0.1) is 5.41 Å². The van der Waals surface area contributed by atoms with Gasteiger partial charge in [0.05, 0.1) is 0 Å². The predicted molar refractivity (Wildman–Crippen MR) is 242 cm³/mol. The number of hydrogen-bond acceptors (Lipinski definition) is 7. The molecule has 5 amide bonds. The second-order valence-electron chi connectivity index (χ2n) is 17.2. The molecule has 6 rings (SSSR count). The van der Waals surface area contributed by atoms with Gasteiger partial charge in [-0.05, 0) is 97.3 Å². The molecule has 328 valence electrons. The zero-order chi connectivity index (χ0) is 44.4. The number of carbonyl (C=O) groups excluding carboxylic acids is 4. The maximum absolute atomic E-state index is 14.1. The third-order valence-electron chi connectivity index (χ3n) is 11.9. The number of carbonyl (C=O) groups is 5. The molecule has 0 saturated carbocycles. The lowest BCUT2D eigenvalue weighted by Crippen LogP contribution is -2.57. The van der Waals surface area contributed by atoms with E-state index in [1.165, 1.54) is 4.90 Å². The molecule has 2 saturated heterocycles. The van der Waals surface area contributed by atoms with Gasteiger partial charge in [-0.1, -0.05) is 107 Å². The first-order valence-electron chi connectivity index (χ1n) is 21.8. The number of likely N-dealkylation sites (tertiary alicyclic amines) is 2. The fraction of sp³-hybridized carbons (Fsp3) is 0.408. The summed E-state index contributed by atoms with van der Waals surface area (Å²) in [6, 6.07) is 32.7. The average Bonchev–Trinajstić information content (AvgIpc) is 3.97. The number of carboxylic acid groups (broad SMARTS) is 1. The summed E-state index contributed by atoms with van der Waals surface area (Å²) in [5.41, 5.74) is 4.62. The first-order valence-corrected chi connectivity index (χ1v) is 21.8. The minimum atomic E-state index is -1.28. The molecule has 13 nitrogen and oxygen atoms in total. The molecule has 0 unspecified atom stereocenters. The normalized spacial score (nSPS) is 17.3. The highest BCUT2D eigenvalue weighted by molar-refractivity contribution is 5.99. The van der Waals surface area contributed by atoms with Crippen LogP contribution in [-0.4, -0.2) is 93.8 Å². The summed E-state index contributed by atoms with van der Waals surface area (Å²) in [5, 5.41) is 17.8. The number of nitrogens with zero attached hydrogens (tertiary/aromatic N) is 4. The van der Waals surface area contributed by atoms with Crippen LogP contribution in [0.5, 0.6) is 0 Å². The van der Waals surface area contributed by atoms with E-state index in [0.29, 0.717) is 69.9 Å². The molecule has 2 aliphatic rings. The molecular formula is C49H61N7O6. The molecule has 2 heterocycles. The number of amides is 5. The SMILES string of the molecule is CCN(CC)[C@@H](C(=O)N1CCC[C@H]1C(=O)Nc1ccc(CN(Cc2ccc(NC(=O)[C@@H]3CCCN3C(=O)[C@@H](NC(=O)O)C(C)(C)C)cc2)c2ccccc2)cc1)c1ccccc1. The topological polar surface area (TPSA) is 155 Å². The van der Waals surface area contributed by atoms with E-state index in [4.69, 9.17) is 0 Å². The van der Waals surface area contributed by atoms with Crippen LogP contribution in [0.1, 0.15) is 83.0 Å². The van der Waals surface area contributed by atoms with E-state index in [0.717, 1.165) is 28.8 Å². The van der Waals surface area contributed by atoms with E-state index < -0.39 is 41.6 Å². The highest BCUT2D eigenvalue weighted by Crippen LogP contribution is 2.30. The van der Waals surface area contributed by atoms with Crippen molar-refractivity contribution in [1.29, 1.82) is 0 Å². The molecule has 13 heteroatoms. The number of likely N-dealkylation sites (N-methyl/N-ethyl adjacent to an activating group) is 1. The highest BCUT2D eigenvalue weighted by Gasteiger charge is 2.42. The minimum Gasteiger partial charge on any atom is -0.465 e. The van der Waals surface area contributed by atoms with Gasteiger partial charge in [-0.3, -0.25) is 24.1 Å². The number of anilines is 3. The maximum atomic E-state index is 14.1. The van der Waals surface area contributed by atoms with Crippen molar-refractivity contribution in [3.63, 3.8) is 0 Å². The number of nitrogens with one attached hydrogen (secondary N) is 3. The Bertz CT molecular complexity index is 2140. The second kappa shape index (κ2) is 20.6. The van der Waals surface area contributed by atoms with Gasteiger partial charge in [-0.25, -0.2) is 4.79 Å². The van der Waals surface area contributed by atoms with Crippen LogP contribution < -0.4 is 20.9 Å². The molecular weight excluding hydrogens is 783 g/mol. The standard InChI is InChI=1S/C49H61N7O6/c1-6-53(7-2)42(36-16-10-8-11-17-36)46(59)55-30-14-20-40(55)44(57)50-37-26-22-34(23-27-37)32-54(39-18-12-9-13-19-39)33-35-24-28-38(29-25-35)51-45(58)41-21-15-31-56(41)47(60)43(49(3,4)5)52-48(61)62/h8-13,16-19,22-29,40-43,52H,6-7,14-15,20-21,30-33H2,1-5H3,(H,50,57)(H,51,58)(H,61,62)/t40-,41-,42+,43+/m0/s1. The van der Waals surface area contributed by atoms with E-state index in [9.17, 15) is 29.1 Å². The Hall–Kier alpha value is -6.21. The molecule has 2 fully saturated rings. The van der Waals surface area contributed by atoms with E-state index >= 15 is 0 Å². The quantitative estimate of drug-likeness (QED) is 0.0904. The predicted octanol–water partition coefficient (Wildman–Crippen LogP) is 7.52. The van der Waals surface area contributed by atoms with Gasteiger partial charge in [0.15, 0.2) is 0 Å². The van der Waals surface area contributed by atoms with Gasteiger partial charge in [0.1, 0.15) is 24.2 Å². The lowest BCUT2D eigenvalue weighted by molar-refractivity contribution is -0.141. The summed E-state index contributed by atoms with van der Waals surface area (Å²) in [6.45, 7) is 13.0. The van der Waals surface area contributed by atoms with Gasteiger partial charge in [0.25, 0.3) is 0 Å². The number of benzene rings is 4. The average molecular weight is 844 g/mol. The van der Waals surface area contributed by atoms with E-state index in [2.05, 4.69) is 51.7 Å². The van der Waals surface area contributed by atoms with Crippen molar-refractivity contribution < 1.29 is 29.1 Å². The summed E-state index contributed by atoms with van der Waals surface area (Å²) in [4.78, 5) is 74.0. The van der Waals surface area contributed by atoms with Crippen LogP contribution in [0.4, 0.5) is 21.9 Å². The number of hydrogen-bond donors (Lipinski definition) is 4. The van der Waals surface area contributed by atoms with Crippen LogP contribution >= 0.6 is 0 Å². The van der Waals surface area contributed by atoms with Crippen molar-refractivity contribution in [3.05, 3.63) is 126 Å². The van der Waals surface area contributed by atoms with Crippen LogP contribution in [0.2, 0.25) is 0 Å². The molecule has 0 spiro atoms. The summed E-state index contributed by atoms with van der Waals surface area (Å²) in [6.07, 6.45) is 1.24. The molecule has 0 radical (unpaired) electrons. The molecule has 4 atom stereocenters. The number of para-hydroxylation sites is 1. The first kappa shape index (κ1) is 45.3. The van der Waals surface area contributed by atoms with Gasteiger partial charge >= 0.3 is 6.09 Å². The fourth-order valence-corrected chi connectivity index (χ4v) is 8.59. The first-order chi connectivity index (χ1) is 29.8. The van der Waals surface area contributed by atoms with Crippen molar-refractivity contribution in [2.45, 2.75) is 97.6 Å². The Kier molecular flexibility index (Phi) is 15.0. The van der Waals surface area contributed by atoms with E-state index in [1.807, 2.05) is 97.1 Å². The fourth-order valence-electron chi connectivity index (χ4n) is 8.59. The highest BCUT2D eigenvalue weighted by atomic mass is 16.4. The molecule has 0 bridgehead atoms. The second-order valence-corrected chi connectivity index (χ2v) is 17.2. The Morgan fingerprint density at radius 3 is 1.55 bits per heavy atom. The minimum absolute atomic E-state index is 0.0413. The summed E-state index contributed by atoms with van der Waals surface area (Å²) >= 11 is 0. The maximum Gasteiger partial charge on any atom is 0.405 e. The summed E-state index contributed by atoms with van der Waals surface area (Å²) < 4.78 is 0. The van der Waals surface area contributed by atoms with Crippen LogP contribution in [0.15, 0.2) is 109 Å². The Morgan fingerprint density at radius 1 is 0.661 bits per heavy atom. The lowest BCUT2D eigenvalue weighted by Gasteiger charge is -2.34. The smallest absolute Gasteiger partial charge is 0.405 e. The van der Waals surface area contributed by atoms with Gasteiger partial charge < -0.3 is 35.8 Å². The molecule has 2 aliphatic heterocycles. The van der Waals surface area contributed by atoms with Crippen LogP contribution in [0.25, 0.3) is 0 Å². The van der Waals surface area contributed by atoms with Crippen molar-refractivity contribution >= 4 is 46.8 Å². The van der Waals surface area contributed by atoms with Gasteiger partial charge in [0, 0.05) is 43.2 Å². The summed E-state index contributed by atoms with van der Waals surface area (Å²) in [5.74, 6) is -0.934. The Morgan fingerprint density at radius 2 is 1.11 bits per heavy atom. The third-order valence-corrected chi connectivity index (χ3v) is 11.9. The van der Waals surface area contributed by atoms with Crippen molar-refractivity contribution in [2.75, 3.05) is 41.7 Å². The van der Waals surface area contributed by atoms with Gasteiger partial charge in [-0.2, -0.15) is 0 Å². The van der Waals surface area contributed by atoms with Crippen molar-refractivity contribution in [2.24, 2.45) is 5.41 Å². The molecule has 4 aromatic rings. The van der Waals surface area contributed by atoms with Crippen molar-refractivity contribution in [1.82, 2.24) is 20.0 Å². The van der Waals surface area contributed by atoms with Crippen molar-refractivity contribution in [3.8, 4) is 0 Å². The number of rotatable bonds is 16. The summed E-state index contributed by atoms with van der Waals surface area (Å²) in [7, 11) is 0. The van der Waals surface area contributed by atoms with E-state index in [-0.39, 0.29) is 17.7 Å². The van der Waals surface area contributed by atoms with Gasteiger partial charge in [0.2, 0.25) is 23.6 Å². The monoisotopic (exact) mass is 843 g/mol. The molecule has 4 N–H and O–H groups in total. The zero-order valence-electron chi connectivity index (χ0n) is 36.6. The Balaban J connectivity index is 1.08. The molecule has 62 heavy (non-hydrogen) atoms. The van der Waals surface area contributed by atoms with Crippen LogP contribution in [0.3, 0.4) is 0 Å². The van der Waals surface area contributed by atoms with E-state index in [1.54, 1.807) is 25.7 Å². The molecule has 0 aromatic heterocycles.